The summed E-state index contributed by atoms with van der Waals surface area (Å²) in [6.45, 7) is 10.9. The van der Waals surface area contributed by atoms with Crippen molar-refractivity contribution in [3.63, 3.8) is 0 Å². The van der Waals surface area contributed by atoms with Crippen molar-refractivity contribution in [3.8, 4) is 0 Å². The van der Waals surface area contributed by atoms with Gasteiger partial charge in [-0.05, 0) is 19.3 Å². The predicted octanol–water partition coefficient (Wildman–Crippen LogP) is 1.70. The molecule has 1 unspecified atom stereocenters. The minimum absolute atomic E-state index is 0.408. The van der Waals surface area contributed by atoms with Crippen molar-refractivity contribution in [1.29, 1.82) is 0 Å². The van der Waals surface area contributed by atoms with Crippen molar-refractivity contribution < 1.29 is 4.74 Å². The van der Waals surface area contributed by atoms with Gasteiger partial charge in [-0.1, -0.05) is 20.8 Å². The highest BCUT2D eigenvalue weighted by Crippen LogP contribution is 2.03. The second-order valence-corrected chi connectivity index (χ2v) is 4.54. The lowest BCUT2D eigenvalue weighted by Gasteiger charge is -2.29. The summed E-state index contributed by atoms with van der Waals surface area (Å²) in [6.07, 6.45) is 1.06. The fourth-order valence-electron chi connectivity index (χ4n) is 1.34. The molecule has 0 spiro atoms. The number of methoxy groups -OCH3 is 1. The fraction of sp³-hybridized carbons (Fsp3) is 0.917. The first-order chi connectivity index (χ1) is 7.52. The summed E-state index contributed by atoms with van der Waals surface area (Å²) in [6, 6.07) is 0.408. The lowest BCUT2D eigenvalue weighted by molar-refractivity contribution is 0.162. The highest BCUT2D eigenvalue weighted by molar-refractivity contribution is 5.78. The molecule has 0 rings (SSSR count). The van der Waals surface area contributed by atoms with Crippen LogP contribution in [0.1, 0.15) is 34.1 Å². The Kier molecular flexibility index (Phi) is 7.99. The monoisotopic (exact) mass is 229 g/mol. The molecule has 16 heavy (non-hydrogen) atoms. The van der Waals surface area contributed by atoms with Gasteiger partial charge in [0.05, 0.1) is 6.61 Å². The van der Waals surface area contributed by atoms with Gasteiger partial charge in [-0.25, -0.2) is 0 Å². The third-order valence-corrected chi connectivity index (χ3v) is 2.57. The highest BCUT2D eigenvalue weighted by Gasteiger charge is 2.13. The van der Waals surface area contributed by atoms with Crippen molar-refractivity contribution in [2.45, 2.75) is 40.2 Å². The summed E-state index contributed by atoms with van der Waals surface area (Å²) < 4.78 is 5.09. The molecule has 0 heterocycles. The summed E-state index contributed by atoms with van der Waals surface area (Å²) in [5.41, 5.74) is 6.00. The molecule has 0 radical (unpaired) electrons. The molecule has 0 fully saturated rings. The standard InChI is InChI=1S/C12H27N3O/c1-6-11(4)15(7-8-16-5)12(13)14-9-10(2)3/h10-11H,6-9H2,1-5H3,(H2,13,14). The van der Waals surface area contributed by atoms with Gasteiger partial charge in [0.25, 0.3) is 0 Å². The first-order valence-electron chi connectivity index (χ1n) is 6.08. The molecule has 0 aliphatic carbocycles. The molecule has 1 atom stereocenters. The summed E-state index contributed by atoms with van der Waals surface area (Å²) >= 11 is 0. The maximum absolute atomic E-state index is 6.00. The molecule has 0 aromatic heterocycles. The number of rotatable bonds is 7. The number of aliphatic imine (C=N–C) groups is 1. The van der Waals surface area contributed by atoms with E-state index in [0.717, 1.165) is 19.5 Å². The van der Waals surface area contributed by atoms with Gasteiger partial charge in [0.2, 0.25) is 0 Å². The van der Waals surface area contributed by atoms with Gasteiger partial charge in [-0.3, -0.25) is 4.99 Å². The molecule has 96 valence electrons. The molecular formula is C12H27N3O. The third kappa shape index (κ3) is 5.95. The van der Waals surface area contributed by atoms with E-state index in [4.69, 9.17) is 10.5 Å². The Balaban J connectivity index is 4.41. The molecule has 0 aromatic rings. The average molecular weight is 229 g/mol. The van der Waals surface area contributed by atoms with E-state index in [1.165, 1.54) is 0 Å². The van der Waals surface area contributed by atoms with Crippen LogP contribution in [0, 0.1) is 5.92 Å². The third-order valence-electron chi connectivity index (χ3n) is 2.57. The zero-order chi connectivity index (χ0) is 12.6. The van der Waals surface area contributed by atoms with E-state index in [9.17, 15) is 0 Å². The normalized spacial score (nSPS) is 14.2. The van der Waals surface area contributed by atoms with E-state index in [0.29, 0.717) is 24.5 Å². The molecule has 0 amide bonds. The Morgan fingerprint density at radius 2 is 2.00 bits per heavy atom. The Hall–Kier alpha value is -0.770. The molecule has 0 aliphatic rings. The number of guanidine groups is 1. The molecule has 0 saturated heterocycles. The Bertz CT molecular complexity index is 204. The maximum Gasteiger partial charge on any atom is 0.191 e. The smallest absolute Gasteiger partial charge is 0.191 e. The van der Waals surface area contributed by atoms with Crippen LogP contribution < -0.4 is 5.73 Å². The van der Waals surface area contributed by atoms with E-state index < -0.39 is 0 Å². The van der Waals surface area contributed by atoms with Crippen LogP contribution in [-0.4, -0.2) is 43.7 Å². The minimum atomic E-state index is 0.408. The van der Waals surface area contributed by atoms with E-state index in [-0.39, 0.29) is 0 Å². The van der Waals surface area contributed by atoms with Crippen LogP contribution in [0.4, 0.5) is 0 Å². The van der Waals surface area contributed by atoms with Gasteiger partial charge in [-0.15, -0.1) is 0 Å². The minimum Gasteiger partial charge on any atom is -0.383 e. The first-order valence-corrected chi connectivity index (χ1v) is 6.08. The molecule has 0 bridgehead atoms. The Labute approximate surface area is 99.9 Å². The van der Waals surface area contributed by atoms with Crippen LogP contribution in [0.3, 0.4) is 0 Å². The summed E-state index contributed by atoms with van der Waals surface area (Å²) in [7, 11) is 1.70. The van der Waals surface area contributed by atoms with Crippen LogP contribution in [0.5, 0.6) is 0 Å². The number of ether oxygens (including phenoxy) is 1. The topological polar surface area (TPSA) is 50.9 Å². The van der Waals surface area contributed by atoms with Crippen LogP contribution in [0.25, 0.3) is 0 Å². The lowest BCUT2D eigenvalue weighted by Crippen LogP contribution is -2.45. The molecule has 2 N–H and O–H groups in total. The SMILES string of the molecule is CCC(C)N(CCOC)C(N)=NCC(C)C. The molecule has 4 heteroatoms. The van der Waals surface area contributed by atoms with Crippen molar-refractivity contribution in [1.82, 2.24) is 4.90 Å². The van der Waals surface area contributed by atoms with Crippen LogP contribution in [-0.2, 0) is 4.74 Å². The Morgan fingerprint density at radius 3 is 2.44 bits per heavy atom. The lowest BCUT2D eigenvalue weighted by atomic mass is 10.2. The van der Waals surface area contributed by atoms with E-state index in [1.54, 1.807) is 7.11 Å². The van der Waals surface area contributed by atoms with Crippen molar-refractivity contribution in [2.75, 3.05) is 26.8 Å². The van der Waals surface area contributed by atoms with Crippen LogP contribution in [0.2, 0.25) is 0 Å². The van der Waals surface area contributed by atoms with Crippen molar-refractivity contribution in [2.24, 2.45) is 16.6 Å². The van der Waals surface area contributed by atoms with Crippen molar-refractivity contribution in [3.05, 3.63) is 0 Å². The average Bonchev–Trinajstić information content (AvgIpc) is 2.26. The van der Waals surface area contributed by atoms with E-state index >= 15 is 0 Å². The largest absolute Gasteiger partial charge is 0.383 e. The fourth-order valence-corrected chi connectivity index (χ4v) is 1.34. The van der Waals surface area contributed by atoms with E-state index in [1.807, 2.05) is 0 Å². The summed E-state index contributed by atoms with van der Waals surface area (Å²) in [5, 5.41) is 0. The van der Waals surface area contributed by atoms with Gasteiger partial charge in [-0.2, -0.15) is 0 Å². The predicted molar refractivity (Wildman–Crippen MR) is 69.7 cm³/mol. The second-order valence-electron chi connectivity index (χ2n) is 4.54. The number of nitrogens with zero attached hydrogens (tertiary/aromatic N) is 2. The van der Waals surface area contributed by atoms with Gasteiger partial charge in [0.15, 0.2) is 5.96 Å². The number of nitrogens with two attached hydrogens (primary N) is 1. The number of hydrogen-bond donors (Lipinski definition) is 1. The molecule has 4 nitrogen and oxygen atoms in total. The van der Waals surface area contributed by atoms with Gasteiger partial charge in [0.1, 0.15) is 0 Å². The number of hydrogen-bond acceptors (Lipinski definition) is 2. The van der Waals surface area contributed by atoms with Gasteiger partial charge >= 0.3 is 0 Å². The first kappa shape index (κ1) is 15.2. The maximum atomic E-state index is 6.00. The summed E-state index contributed by atoms with van der Waals surface area (Å²) in [5.74, 6) is 1.18. The molecule has 0 saturated carbocycles. The van der Waals surface area contributed by atoms with Crippen LogP contribution >= 0.6 is 0 Å². The highest BCUT2D eigenvalue weighted by atomic mass is 16.5. The van der Waals surface area contributed by atoms with E-state index in [2.05, 4.69) is 37.6 Å². The van der Waals surface area contributed by atoms with Gasteiger partial charge in [0, 0.05) is 26.2 Å². The molecule has 0 aromatic carbocycles. The second kappa shape index (κ2) is 8.39. The van der Waals surface area contributed by atoms with Gasteiger partial charge < -0.3 is 15.4 Å². The Morgan fingerprint density at radius 1 is 1.38 bits per heavy atom. The van der Waals surface area contributed by atoms with Crippen molar-refractivity contribution >= 4 is 5.96 Å². The zero-order valence-electron chi connectivity index (χ0n) is 11.4. The molecule has 0 aliphatic heterocycles. The summed E-state index contributed by atoms with van der Waals surface area (Å²) in [4.78, 5) is 6.53. The van der Waals surface area contributed by atoms with Crippen LogP contribution in [0.15, 0.2) is 4.99 Å². The zero-order valence-corrected chi connectivity index (χ0v) is 11.4. The quantitative estimate of drug-likeness (QED) is 0.534. The molecular weight excluding hydrogens is 202 g/mol.